The zero-order valence-corrected chi connectivity index (χ0v) is 15.3. The second kappa shape index (κ2) is 9.83. The second-order valence-corrected chi connectivity index (χ2v) is 5.77. The van der Waals surface area contributed by atoms with E-state index < -0.39 is 0 Å². The van der Waals surface area contributed by atoms with E-state index in [2.05, 4.69) is 11.9 Å². The van der Waals surface area contributed by atoms with Crippen molar-refractivity contribution in [3.63, 3.8) is 0 Å². The molecule has 2 aromatic rings. The Bertz CT molecular complexity index is 715. The Kier molecular flexibility index (Phi) is 8.13. The van der Waals surface area contributed by atoms with Crippen LogP contribution in [0.25, 0.3) is 0 Å². The third-order valence-electron chi connectivity index (χ3n) is 3.45. The molecule has 4 nitrogen and oxygen atoms in total. The van der Waals surface area contributed by atoms with Gasteiger partial charge in [0.2, 0.25) is 0 Å². The van der Waals surface area contributed by atoms with E-state index in [0.717, 1.165) is 41.6 Å². The van der Waals surface area contributed by atoms with E-state index >= 15 is 0 Å². The van der Waals surface area contributed by atoms with Gasteiger partial charge >= 0.3 is 0 Å². The maximum absolute atomic E-state index is 10.5. The molecule has 0 radical (unpaired) electrons. The highest BCUT2D eigenvalue weighted by Gasteiger charge is 2.02. The summed E-state index contributed by atoms with van der Waals surface area (Å²) in [4.78, 5) is 14.4. The number of methoxy groups -OCH3 is 1. The van der Waals surface area contributed by atoms with Gasteiger partial charge in [-0.1, -0.05) is 37.1 Å². The van der Waals surface area contributed by atoms with Crippen LogP contribution in [0.15, 0.2) is 30.5 Å². The summed E-state index contributed by atoms with van der Waals surface area (Å²) in [6.45, 7) is 5.77. The summed E-state index contributed by atoms with van der Waals surface area (Å²) >= 11 is 5.64. The fourth-order valence-corrected chi connectivity index (χ4v) is 2.44. The molecule has 1 aromatic heterocycles. The number of nitrogens with zero attached hydrogens (tertiary/aromatic N) is 1. The van der Waals surface area contributed by atoms with Gasteiger partial charge in [0.25, 0.3) is 0 Å². The van der Waals surface area contributed by atoms with Gasteiger partial charge in [0, 0.05) is 23.0 Å². The molecule has 5 heteroatoms. The molecule has 0 saturated heterocycles. The summed E-state index contributed by atoms with van der Waals surface area (Å²) in [5, 5.41) is 7.84. The number of carbonyl (C=O) groups excluding carboxylic acids is 1. The first-order valence-corrected chi connectivity index (χ1v) is 8.10. The Morgan fingerprint density at radius 1 is 1.38 bits per heavy atom. The van der Waals surface area contributed by atoms with E-state index in [1.807, 2.05) is 19.1 Å². The standard InChI is InChI=1S/C11H14O2.C8H9ClN2/c1-3-4-10-6-5-9(8-12)7-11(10)13-2;1-5-3-8(9)11-4-7(5)6(2)10/h5-8H,3-4H2,1-2H3;3-4,10H,1-2H3. The van der Waals surface area contributed by atoms with Crippen LogP contribution in [0.5, 0.6) is 5.75 Å². The lowest BCUT2D eigenvalue weighted by molar-refractivity contribution is 0.112. The third kappa shape index (κ3) is 5.78. The van der Waals surface area contributed by atoms with E-state index in [1.165, 1.54) is 0 Å². The predicted octanol–water partition coefficient (Wildman–Crippen LogP) is 4.89. The zero-order chi connectivity index (χ0) is 18.1. The quantitative estimate of drug-likeness (QED) is 0.476. The van der Waals surface area contributed by atoms with Gasteiger partial charge in [0.1, 0.15) is 17.2 Å². The lowest BCUT2D eigenvalue weighted by Crippen LogP contribution is -1.96. The number of nitrogens with one attached hydrogen (secondary N) is 1. The van der Waals surface area contributed by atoms with Crippen LogP contribution in [-0.4, -0.2) is 24.1 Å². The highest BCUT2D eigenvalue weighted by Crippen LogP contribution is 2.20. The normalized spacial score (nSPS) is 9.71. The first kappa shape index (κ1) is 19.8. The monoisotopic (exact) mass is 346 g/mol. The van der Waals surface area contributed by atoms with Gasteiger partial charge in [-0.05, 0) is 43.5 Å². The third-order valence-corrected chi connectivity index (χ3v) is 3.65. The molecule has 0 atom stereocenters. The van der Waals surface area contributed by atoms with Crippen molar-refractivity contribution in [1.82, 2.24) is 4.98 Å². The fraction of sp³-hybridized carbons (Fsp3) is 0.316. The minimum Gasteiger partial charge on any atom is -0.496 e. The molecule has 0 unspecified atom stereocenters. The molecule has 24 heavy (non-hydrogen) atoms. The Labute approximate surface area is 148 Å². The average Bonchev–Trinajstić information content (AvgIpc) is 2.55. The molecule has 0 fully saturated rings. The molecule has 0 aliphatic heterocycles. The number of aldehydes is 1. The topological polar surface area (TPSA) is 63.0 Å². The molecule has 0 aliphatic carbocycles. The van der Waals surface area contributed by atoms with Crippen molar-refractivity contribution >= 4 is 23.6 Å². The summed E-state index contributed by atoms with van der Waals surface area (Å²) in [6, 6.07) is 7.31. The Morgan fingerprint density at radius 3 is 2.58 bits per heavy atom. The number of halogens is 1. The number of pyridine rings is 1. The minimum absolute atomic E-state index is 0.479. The summed E-state index contributed by atoms with van der Waals surface area (Å²) < 4.78 is 5.18. The van der Waals surface area contributed by atoms with E-state index in [4.69, 9.17) is 21.7 Å². The van der Waals surface area contributed by atoms with E-state index in [1.54, 1.807) is 32.4 Å². The van der Waals surface area contributed by atoms with Crippen LogP contribution in [0.4, 0.5) is 0 Å². The fourth-order valence-electron chi connectivity index (χ4n) is 2.22. The first-order valence-electron chi connectivity index (χ1n) is 7.72. The molecular weight excluding hydrogens is 324 g/mol. The number of aryl methyl sites for hydroxylation is 2. The molecular formula is C19H23ClN2O2. The van der Waals surface area contributed by atoms with Crippen LogP contribution in [0.1, 0.15) is 47.3 Å². The van der Waals surface area contributed by atoms with Gasteiger partial charge in [0.05, 0.1) is 7.11 Å². The molecule has 1 aromatic carbocycles. The lowest BCUT2D eigenvalue weighted by atomic mass is 10.1. The highest BCUT2D eigenvalue weighted by molar-refractivity contribution is 6.29. The number of hydrogen-bond donors (Lipinski definition) is 1. The van der Waals surface area contributed by atoms with Crippen molar-refractivity contribution < 1.29 is 9.53 Å². The number of hydrogen-bond acceptors (Lipinski definition) is 4. The maximum Gasteiger partial charge on any atom is 0.150 e. The highest BCUT2D eigenvalue weighted by atomic mass is 35.5. The molecule has 0 aliphatic rings. The average molecular weight is 347 g/mol. The Balaban J connectivity index is 0.000000243. The molecule has 2 rings (SSSR count). The SMILES string of the molecule is CC(=N)c1cnc(Cl)cc1C.CCCc1ccc(C=O)cc1OC. The summed E-state index contributed by atoms with van der Waals surface area (Å²) in [5.41, 5.74) is 4.20. The Morgan fingerprint density at radius 2 is 2.08 bits per heavy atom. The van der Waals surface area contributed by atoms with Crippen molar-refractivity contribution in [3.05, 3.63) is 57.9 Å². The first-order chi connectivity index (χ1) is 11.4. The maximum atomic E-state index is 10.5. The predicted molar refractivity (Wildman–Crippen MR) is 98.9 cm³/mol. The van der Waals surface area contributed by atoms with Crippen LogP contribution in [0, 0.1) is 12.3 Å². The van der Waals surface area contributed by atoms with Crippen molar-refractivity contribution in [2.75, 3.05) is 7.11 Å². The molecule has 1 heterocycles. The van der Waals surface area contributed by atoms with Gasteiger partial charge in [-0.3, -0.25) is 4.79 Å². The molecule has 0 spiro atoms. The molecule has 1 N–H and O–H groups in total. The van der Waals surface area contributed by atoms with E-state index in [0.29, 0.717) is 16.4 Å². The molecule has 0 bridgehead atoms. The smallest absolute Gasteiger partial charge is 0.150 e. The van der Waals surface area contributed by atoms with Crippen LogP contribution < -0.4 is 4.74 Å². The number of benzene rings is 1. The number of carbonyl (C=O) groups is 1. The van der Waals surface area contributed by atoms with Crippen LogP contribution in [0.2, 0.25) is 5.15 Å². The van der Waals surface area contributed by atoms with Crippen molar-refractivity contribution in [3.8, 4) is 5.75 Å². The van der Waals surface area contributed by atoms with Gasteiger partial charge in [0.15, 0.2) is 0 Å². The van der Waals surface area contributed by atoms with Gasteiger partial charge in [-0.25, -0.2) is 4.98 Å². The van der Waals surface area contributed by atoms with Gasteiger partial charge < -0.3 is 10.1 Å². The summed E-state index contributed by atoms with van der Waals surface area (Å²) in [6.07, 6.45) is 4.53. The number of rotatable bonds is 5. The summed E-state index contributed by atoms with van der Waals surface area (Å²) in [7, 11) is 1.63. The van der Waals surface area contributed by atoms with Gasteiger partial charge in [-0.2, -0.15) is 0 Å². The van der Waals surface area contributed by atoms with Crippen LogP contribution in [0.3, 0.4) is 0 Å². The Hall–Kier alpha value is -2.20. The lowest BCUT2D eigenvalue weighted by Gasteiger charge is -2.07. The molecule has 0 amide bonds. The largest absolute Gasteiger partial charge is 0.496 e. The van der Waals surface area contributed by atoms with Crippen molar-refractivity contribution in [1.29, 1.82) is 5.41 Å². The minimum atomic E-state index is 0.479. The van der Waals surface area contributed by atoms with Crippen LogP contribution in [-0.2, 0) is 6.42 Å². The van der Waals surface area contributed by atoms with Crippen LogP contribution >= 0.6 is 11.6 Å². The second-order valence-electron chi connectivity index (χ2n) is 5.39. The van der Waals surface area contributed by atoms with E-state index in [9.17, 15) is 4.79 Å². The van der Waals surface area contributed by atoms with Gasteiger partial charge in [-0.15, -0.1) is 0 Å². The van der Waals surface area contributed by atoms with Crippen molar-refractivity contribution in [2.24, 2.45) is 0 Å². The molecule has 0 saturated carbocycles. The van der Waals surface area contributed by atoms with Crippen molar-refractivity contribution in [2.45, 2.75) is 33.6 Å². The van der Waals surface area contributed by atoms with E-state index in [-0.39, 0.29) is 0 Å². The summed E-state index contributed by atoms with van der Waals surface area (Å²) in [5.74, 6) is 0.812. The molecule has 128 valence electrons. The number of aromatic nitrogens is 1. The number of ether oxygens (including phenoxy) is 1. The zero-order valence-electron chi connectivity index (χ0n) is 14.5.